The number of hydrogen-bond acceptors (Lipinski definition) is 4. The molecule has 3 aromatic rings. The van der Waals surface area contributed by atoms with Crippen molar-refractivity contribution in [3.8, 4) is 11.5 Å². The van der Waals surface area contributed by atoms with Gasteiger partial charge in [-0.25, -0.2) is 4.39 Å². The van der Waals surface area contributed by atoms with E-state index in [1.54, 1.807) is 19.3 Å². The molecule has 1 aliphatic heterocycles. The summed E-state index contributed by atoms with van der Waals surface area (Å²) < 4.78 is 25.4. The number of para-hydroxylation sites is 1. The van der Waals surface area contributed by atoms with Gasteiger partial charge in [0, 0.05) is 49.9 Å². The second-order valence-corrected chi connectivity index (χ2v) is 8.65. The van der Waals surface area contributed by atoms with Gasteiger partial charge in [0.25, 0.3) is 0 Å². The Balaban J connectivity index is 1.33. The van der Waals surface area contributed by atoms with E-state index in [4.69, 9.17) is 9.47 Å². The average Bonchev–Trinajstić information content (AvgIpc) is 2.88. The summed E-state index contributed by atoms with van der Waals surface area (Å²) in [6.07, 6.45) is 3.44. The van der Waals surface area contributed by atoms with Gasteiger partial charge in [-0.3, -0.25) is 9.69 Å². The third kappa shape index (κ3) is 6.49. The number of halogens is 1. The summed E-state index contributed by atoms with van der Waals surface area (Å²) in [5.74, 6) is 1.37. The molecule has 4 rings (SSSR count). The van der Waals surface area contributed by atoms with Crippen LogP contribution in [-0.2, 0) is 17.9 Å². The predicted molar refractivity (Wildman–Crippen MR) is 136 cm³/mol. The van der Waals surface area contributed by atoms with E-state index >= 15 is 0 Å². The van der Waals surface area contributed by atoms with E-state index in [2.05, 4.69) is 4.90 Å². The number of nitrogens with zero attached hydrogens (tertiary/aromatic N) is 2. The van der Waals surface area contributed by atoms with Gasteiger partial charge in [0.15, 0.2) is 0 Å². The highest BCUT2D eigenvalue weighted by Crippen LogP contribution is 2.24. The van der Waals surface area contributed by atoms with Crippen molar-refractivity contribution < 1.29 is 18.7 Å². The van der Waals surface area contributed by atoms with Crippen LogP contribution in [0.5, 0.6) is 11.5 Å². The summed E-state index contributed by atoms with van der Waals surface area (Å²) in [7, 11) is 1.64. The third-order valence-electron chi connectivity index (χ3n) is 6.24. The van der Waals surface area contributed by atoms with Crippen molar-refractivity contribution in [2.45, 2.75) is 20.1 Å². The van der Waals surface area contributed by atoms with Gasteiger partial charge in [-0.05, 0) is 48.4 Å². The Hall–Kier alpha value is -3.64. The number of rotatable bonds is 8. The molecule has 0 atom stereocenters. The van der Waals surface area contributed by atoms with E-state index in [1.807, 2.05) is 72.5 Å². The first-order valence-electron chi connectivity index (χ1n) is 11.8. The molecule has 1 fully saturated rings. The molecule has 1 heterocycles. The minimum Gasteiger partial charge on any atom is -0.496 e. The number of amides is 1. The first-order chi connectivity index (χ1) is 17.0. The molecule has 0 saturated carbocycles. The maximum Gasteiger partial charge on any atom is 0.246 e. The van der Waals surface area contributed by atoms with E-state index in [-0.39, 0.29) is 11.7 Å². The Morgan fingerprint density at radius 1 is 0.943 bits per heavy atom. The second kappa shape index (κ2) is 11.7. The molecule has 5 nitrogen and oxygen atoms in total. The highest BCUT2D eigenvalue weighted by atomic mass is 19.1. The number of ether oxygens (including phenoxy) is 2. The molecule has 0 N–H and O–H groups in total. The van der Waals surface area contributed by atoms with Crippen LogP contribution in [-0.4, -0.2) is 49.0 Å². The molecule has 35 heavy (non-hydrogen) atoms. The zero-order valence-electron chi connectivity index (χ0n) is 20.2. The first-order valence-corrected chi connectivity index (χ1v) is 11.8. The molecule has 0 radical (unpaired) electrons. The van der Waals surface area contributed by atoms with Gasteiger partial charge in [0.2, 0.25) is 5.91 Å². The smallest absolute Gasteiger partial charge is 0.246 e. The standard InChI is InChI=1S/C29H31FN2O3/c1-22-7-3-6-10-27(22)35-21-25-19-23(11-13-28(25)34-2)12-14-29(33)32-17-15-31(16-18-32)20-24-8-4-5-9-26(24)30/h3-14,19H,15-18,20-21H2,1-2H3/b14-12+. The number of piperazine rings is 1. The fourth-order valence-electron chi connectivity index (χ4n) is 4.16. The number of hydrogen-bond donors (Lipinski definition) is 0. The summed E-state index contributed by atoms with van der Waals surface area (Å²) in [6, 6.07) is 20.5. The normalized spacial score (nSPS) is 14.3. The van der Waals surface area contributed by atoms with Gasteiger partial charge < -0.3 is 14.4 Å². The quantitative estimate of drug-likeness (QED) is 0.427. The lowest BCUT2D eigenvalue weighted by molar-refractivity contribution is -0.127. The lowest BCUT2D eigenvalue weighted by Gasteiger charge is -2.34. The predicted octanol–water partition coefficient (Wildman–Crippen LogP) is 5.08. The van der Waals surface area contributed by atoms with Crippen molar-refractivity contribution in [3.05, 3.63) is 101 Å². The molecule has 6 heteroatoms. The van der Waals surface area contributed by atoms with E-state index in [0.717, 1.165) is 41.3 Å². The third-order valence-corrected chi connectivity index (χ3v) is 6.24. The Labute approximate surface area is 206 Å². The van der Waals surface area contributed by atoms with Crippen molar-refractivity contribution in [1.82, 2.24) is 9.80 Å². The monoisotopic (exact) mass is 474 g/mol. The lowest BCUT2D eigenvalue weighted by atomic mass is 10.1. The van der Waals surface area contributed by atoms with E-state index in [0.29, 0.717) is 31.8 Å². The van der Waals surface area contributed by atoms with Crippen LogP contribution in [0, 0.1) is 12.7 Å². The number of carbonyl (C=O) groups is 1. The van der Waals surface area contributed by atoms with Gasteiger partial charge in [-0.2, -0.15) is 0 Å². The summed E-state index contributed by atoms with van der Waals surface area (Å²) in [4.78, 5) is 16.8. The lowest BCUT2D eigenvalue weighted by Crippen LogP contribution is -2.47. The van der Waals surface area contributed by atoms with Gasteiger partial charge in [0.05, 0.1) is 7.11 Å². The molecule has 3 aromatic carbocycles. The number of carbonyl (C=O) groups excluding carboxylic acids is 1. The highest BCUT2D eigenvalue weighted by Gasteiger charge is 2.20. The molecule has 0 aromatic heterocycles. The van der Waals surface area contributed by atoms with Crippen LogP contribution in [0.4, 0.5) is 4.39 Å². The van der Waals surface area contributed by atoms with Crippen LogP contribution in [0.25, 0.3) is 6.08 Å². The molecule has 182 valence electrons. The topological polar surface area (TPSA) is 42.0 Å². The molecule has 0 spiro atoms. The SMILES string of the molecule is COc1ccc(/C=C/C(=O)N2CCN(Cc3ccccc3F)CC2)cc1COc1ccccc1C. The van der Waals surface area contributed by atoms with Crippen LogP contribution in [0.1, 0.15) is 22.3 Å². The maximum absolute atomic E-state index is 13.9. The van der Waals surface area contributed by atoms with Crippen LogP contribution in [0.2, 0.25) is 0 Å². The van der Waals surface area contributed by atoms with Crippen molar-refractivity contribution in [1.29, 1.82) is 0 Å². The van der Waals surface area contributed by atoms with Crippen LogP contribution < -0.4 is 9.47 Å². The van der Waals surface area contributed by atoms with Crippen molar-refractivity contribution in [2.24, 2.45) is 0 Å². The van der Waals surface area contributed by atoms with E-state index < -0.39 is 0 Å². The van der Waals surface area contributed by atoms with Crippen LogP contribution >= 0.6 is 0 Å². The molecule has 0 aliphatic carbocycles. The Morgan fingerprint density at radius 2 is 1.69 bits per heavy atom. The zero-order valence-corrected chi connectivity index (χ0v) is 20.2. The van der Waals surface area contributed by atoms with Gasteiger partial charge in [-0.15, -0.1) is 0 Å². The van der Waals surface area contributed by atoms with E-state index in [9.17, 15) is 9.18 Å². The summed E-state index contributed by atoms with van der Waals surface area (Å²) in [6.45, 7) is 5.62. The molecule has 0 unspecified atom stereocenters. The minimum absolute atomic E-state index is 0.0240. The molecular formula is C29H31FN2O3. The Bertz CT molecular complexity index is 1190. The second-order valence-electron chi connectivity index (χ2n) is 8.65. The number of aryl methyl sites for hydroxylation is 1. The molecule has 1 aliphatic rings. The fourth-order valence-corrected chi connectivity index (χ4v) is 4.16. The van der Waals surface area contributed by atoms with E-state index in [1.165, 1.54) is 6.07 Å². The minimum atomic E-state index is -0.183. The summed E-state index contributed by atoms with van der Waals surface area (Å²) in [5, 5.41) is 0. The molecule has 1 saturated heterocycles. The van der Waals surface area contributed by atoms with Gasteiger partial charge in [-0.1, -0.05) is 42.5 Å². The molecular weight excluding hydrogens is 443 g/mol. The van der Waals surface area contributed by atoms with Crippen LogP contribution in [0.15, 0.2) is 72.8 Å². The first kappa shape index (κ1) is 24.5. The van der Waals surface area contributed by atoms with Crippen LogP contribution in [0.3, 0.4) is 0 Å². The zero-order chi connectivity index (χ0) is 24.6. The van der Waals surface area contributed by atoms with Gasteiger partial charge in [0.1, 0.15) is 23.9 Å². The Kier molecular flexibility index (Phi) is 8.16. The Morgan fingerprint density at radius 3 is 2.43 bits per heavy atom. The molecule has 0 bridgehead atoms. The largest absolute Gasteiger partial charge is 0.496 e. The fraction of sp³-hybridized carbons (Fsp3) is 0.276. The summed E-state index contributed by atoms with van der Waals surface area (Å²) in [5.41, 5.74) is 3.57. The maximum atomic E-state index is 13.9. The van der Waals surface area contributed by atoms with Crippen molar-refractivity contribution in [3.63, 3.8) is 0 Å². The van der Waals surface area contributed by atoms with Crippen molar-refractivity contribution in [2.75, 3.05) is 33.3 Å². The summed E-state index contributed by atoms with van der Waals surface area (Å²) >= 11 is 0. The number of methoxy groups -OCH3 is 1. The van der Waals surface area contributed by atoms with Gasteiger partial charge >= 0.3 is 0 Å². The highest BCUT2D eigenvalue weighted by molar-refractivity contribution is 5.91. The molecule has 1 amide bonds. The average molecular weight is 475 g/mol. The van der Waals surface area contributed by atoms with Crippen molar-refractivity contribution >= 4 is 12.0 Å². The number of benzene rings is 3.